The van der Waals surface area contributed by atoms with E-state index in [0.29, 0.717) is 19.6 Å². The fourth-order valence-corrected chi connectivity index (χ4v) is 1.62. The van der Waals surface area contributed by atoms with Crippen molar-refractivity contribution < 1.29 is 14.3 Å². The smallest absolute Gasteiger partial charge is 0.224 e. The number of likely N-dealkylation sites (N-methyl/N-ethyl adjacent to an activating group) is 1. The SMILES string of the molecule is COc1ccc(OCCN(C)C(=O)CC(C)(C)N)cc1. The minimum absolute atomic E-state index is 0.0239. The molecule has 0 spiro atoms. The van der Waals surface area contributed by atoms with Gasteiger partial charge in [-0.15, -0.1) is 0 Å². The summed E-state index contributed by atoms with van der Waals surface area (Å²) in [4.78, 5) is 13.5. The normalized spacial score (nSPS) is 11.1. The first-order valence-electron chi connectivity index (χ1n) is 6.61. The second-order valence-electron chi connectivity index (χ2n) is 5.50. The van der Waals surface area contributed by atoms with Gasteiger partial charge in [-0.1, -0.05) is 0 Å². The molecule has 0 unspecified atom stereocenters. The number of nitrogens with zero attached hydrogens (tertiary/aromatic N) is 1. The molecule has 0 bridgehead atoms. The third kappa shape index (κ3) is 5.93. The van der Waals surface area contributed by atoms with Crippen LogP contribution in [0.1, 0.15) is 20.3 Å². The highest BCUT2D eigenvalue weighted by molar-refractivity contribution is 5.77. The van der Waals surface area contributed by atoms with E-state index >= 15 is 0 Å². The van der Waals surface area contributed by atoms with E-state index in [-0.39, 0.29) is 5.91 Å². The van der Waals surface area contributed by atoms with Crippen molar-refractivity contribution in [1.82, 2.24) is 4.90 Å². The lowest BCUT2D eigenvalue weighted by Crippen LogP contribution is -2.40. The molecule has 0 saturated heterocycles. The first kappa shape index (κ1) is 16.3. The van der Waals surface area contributed by atoms with Crippen LogP contribution in [0, 0.1) is 0 Å². The zero-order valence-corrected chi connectivity index (χ0v) is 12.7. The Morgan fingerprint density at radius 3 is 2.30 bits per heavy atom. The van der Waals surface area contributed by atoms with Crippen LogP contribution in [0.5, 0.6) is 11.5 Å². The van der Waals surface area contributed by atoms with E-state index in [4.69, 9.17) is 15.2 Å². The maximum absolute atomic E-state index is 11.9. The Morgan fingerprint density at radius 2 is 1.80 bits per heavy atom. The number of carbonyl (C=O) groups is 1. The molecule has 0 aromatic heterocycles. The number of hydrogen-bond donors (Lipinski definition) is 1. The van der Waals surface area contributed by atoms with Crippen molar-refractivity contribution in [2.24, 2.45) is 5.73 Å². The van der Waals surface area contributed by atoms with Crippen LogP contribution in [-0.2, 0) is 4.79 Å². The van der Waals surface area contributed by atoms with Crippen LogP contribution in [0.4, 0.5) is 0 Å². The van der Waals surface area contributed by atoms with Crippen LogP contribution < -0.4 is 15.2 Å². The number of rotatable bonds is 7. The van der Waals surface area contributed by atoms with E-state index in [0.717, 1.165) is 11.5 Å². The third-order valence-corrected chi connectivity index (χ3v) is 2.79. The molecule has 0 saturated carbocycles. The topological polar surface area (TPSA) is 64.8 Å². The predicted molar refractivity (Wildman–Crippen MR) is 79.0 cm³/mol. The van der Waals surface area contributed by atoms with Gasteiger partial charge < -0.3 is 20.1 Å². The van der Waals surface area contributed by atoms with Gasteiger partial charge in [-0.2, -0.15) is 0 Å². The van der Waals surface area contributed by atoms with Crippen LogP contribution in [0.3, 0.4) is 0 Å². The fraction of sp³-hybridized carbons (Fsp3) is 0.533. The van der Waals surface area contributed by atoms with Gasteiger partial charge in [0.1, 0.15) is 18.1 Å². The van der Waals surface area contributed by atoms with Crippen LogP contribution >= 0.6 is 0 Å². The monoisotopic (exact) mass is 280 g/mol. The molecule has 112 valence electrons. The highest BCUT2D eigenvalue weighted by Crippen LogP contribution is 2.16. The van der Waals surface area contributed by atoms with Gasteiger partial charge in [0.15, 0.2) is 0 Å². The number of benzene rings is 1. The quantitative estimate of drug-likeness (QED) is 0.825. The van der Waals surface area contributed by atoms with E-state index in [1.54, 1.807) is 19.1 Å². The van der Waals surface area contributed by atoms with Crippen molar-refractivity contribution in [3.05, 3.63) is 24.3 Å². The van der Waals surface area contributed by atoms with Crippen molar-refractivity contribution in [2.75, 3.05) is 27.3 Å². The molecule has 5 nitrogen and oxygen atoms in total. The van der Waals surface area contributed by atoms with Gasteiger partial charge in [0.2, 0.25) is 5.91 Å². The lowest BCUT2D eigenvalue weighted by Gasteiger charge is -2.23. The molecule has 0 aliphatic carbocycles. The summed E-state index contributed by atoms with van der Waals surface area (Å²) in [5.74, 6) is 1.57. The van der Waals surface area contributed by atoms with Gasteiger partial charge in [0, 0.05) is 19.0 Å². The number of carbonyl (C=O) groups excluding carboxylic acids is 1. The van der Waals surface area contributed by atoms with Gasteiger partial charge in [0.25, 0.3) is 0 Å². The standard InChI is InChI=1S/C15H24N2O3/c1-15(2,16)11-14(18)17(3)9-10-20-13-7-5-12(19-4)6-8-13/h5-8H,9-11,16H2,1-4H3. The van der Waals surface area contributed by atoms with Crippen molar-refractivity contribution in [3.63, 3.8) is 0 Å². The number of nitrogens with two attached hydrogens (primary N) is 1. The van der Waals surface area contributed by atoms with E-state index in [2.05, 4.69) is 0 Å². The third-order valence-electron chi connectivity index (χ3n) is 2.79. The second-order valence-corrected chi connectivity index (χ2v) is 5.50. The Hall–Kier alpha value is -1.75. The second kappa shape index (κ2) is 7.14. The summed E-state index contributed by atoms with van der Waals surface area (Å²) in [5.41, 5.74) is 5.35. The van der Waals surface area contributed by atoms with Gasteiger partial charge in [-0.25, -0.2) is 0 Å². The molecule has 1 rings (SSSR count). The van der Waals surface area contributed by atoms with Crippen molar-refractivity contribution in [2.45, 2.75) is 25.8 Å². The average molecular weight is 280 g/mol. The average Bonchev–Trinajstić information content (AvgIpc) is 2.37. The molecule has 1 aromatic carbocycles. The molecule has 0 heterocycles. The highest BCUT2D eigenvalue weighted by Gasteiger charge is 2.19. The molecule has 0 radical (unpaired) electrons. The van der Waals surface area contributed by atoms with Gasteiger partial charge in [-0.05, 0) is 38.1 Å². The first-order chi connectivity index (χ1) is 9.31. The molecule has 2 N–H and O–H groups in total. The van der Waals surface area contributed by atoms with Crippen molar-refractivity contribution >= 4 is 5.91 Å². The molecule has 0 aliphatic heterocycles. The maximum atomic E-state index is 11.9. The molecule has 1 amide bonds. The summed E-state index contributed by atoms with van der Waals surface area (Å²) < 4.78 is 10.6. The number of ether oxygens (including phenoxy) is 2. The van der Waals surface area contributed by atoms with E-state index < -0.39 is 5.54 Å². The van der Waals surface area contributed by atoms with Crippen molar-refractivity contribution in [1.29, 1.82) is 0 Å². The van der Waals surface area contributed by atoms with Crippen LogP contribution in [0.25, 0.3) is 0 Å². The molecule has 20 heavy (non-hydrogen) atoms. The number of amides is 1. The van der Waals surface area contributed by atoms with Gasteiger partial charge in [0.05, 0.1) is 13.7 Å². The molecular formula is C15H24N2O3. The van der Waals surface area contributed by atoms with Crippen LogP contribution in [0.2, 0.25) is 0 Å². The first-order valence-corrected chi connectivity index (χ1v) is 6.61. The molecule has 0 aliphatic rings. The van der Waals surface area contributed by atoms with Crippen LogP contribution in [-0.4, -0.2) is 43.7 Å². The summed E-state index contributed by atoms with van der Waals surface area (Å²) in [5, 5.41) is 0. The molecule has 0 atom stereocenters. The maximum Gasteiger partial charge on any atom is 0.224 e. The molecule has 1 aromatic rings. The Labute approximate surface area is 120 Å². The Bertz CT molecular complexity index is 424. The summed E-state index contributed by atoms with van der Waals surface area (Å²) in [6.07, 6.45) is 0.325. The summed E-state index contributed by atoms with van der Waals surface area (Å²) in [6, 6.07) is 7.34. The minimum Gasteiger partial charge on any atom is -0.497 e. The number of methoxy groups -OCH3 is 1. The summed E-state index contributed by atoms with van der Waals surface area (Å²) >= 11 is 0. The van der Waals surface area contributed by atoms with Crippen molar-refractivity contribution in [3.8, 4) is 11.5 Å². The largest absolute Gasteiger partial charge is 0.497 e. The zero-order valence-electron chi connectivity index (χ0n) is 12.7. The summed E-state index contributed by atoms with van der Waals surface area (Å²) in [6.45, 7) is 4.65. The van der Waals surface area contributed by atoms with E-state index in [1.165, 1.54) is 0 Å². The fourth-order valence-electron chi connectivity index (χ4n) is 1.62. The van der Waals surface area contributed by atoms with Gasteiger partial charge >= 0.3 is 0 Å². The lowest BCUT2D eigenvalue weighted by atomic mass is 10.0. The summed E-state index contributed by atoms with van der Waals surface area (Å²) in [7, 11) is 3.38. The predicted octanol–water partition coefficient (Wildman–Crippen LogP) is 1.66. The van der Waals surface area contributed by atoms with Gasteiger partial charge in [-0.3, -0.25) is 4.79 Å². The molecular weight excluding hydrogens is 256 g/mol. The minimum atomic E-state index is -0.484. The molecule has 5 heteroatoms. The Morgan fingerprint density at radius 1 is 1.25 bits per heavy atom. The molecule has 0 fully saturated rings. The van der Waals surface area contributed by atoms with E-state index in [9.17, 15) is 4.79 Å². The lowest BCUT2D eigenvalue weighted by molar-refractivity contribution is -0.131. The van der Waals surface area contributed by atoms with Crippen LogP contribution in [0.15, 0.2) is 24.3 Å². The Balaban J connectivity index is 2.34. The number of hydrogen-bond acceptors (Lipinski definition) is 4. The Kier molecular flexibility index (Phi) is 5.82. The zero-order chi connectivity index (χ0) is 15.2. The van der Waals surface area contributed by atoms with E-state index in [1.807, 2.05) is 38.1 Å². The highest BCUT2D eigenvalue weighted by atomic mass is 16.5.